The highest BCUT2D eigenvalue weighted by molar-refractivity contribution is 5.94. The van der Waals surface area contributed by atoms with Crippen molar-refractivity contribution < 1.29 is 14.3 Å². The van der Waals surface area contributed by atoms with Gasteiger partial charge in [0.1, 0.15) is 19.3 Å². The normalized spacial score (nSPS) is 13.6. The summed E-state index contributed by atoms with van der Waals surface area (Å²) in [4.78, 5) is 25.4. The summed E-state index contributed by atoms with van der Waals surface area (Å²) in [5.74, 6) is 0.919. The molecule has 1 atom stereocenters. The molecule has 0 aliphatic carbocycles. The number of anilines is 1. The zero-order valence-electron chi connectivity index (χ0n) is 16.0. The van der Waals surface area contributed by atoms with Crippen molar-refractivity contribution in [1.82, 2.24) is 9.78 Å². The Kier molecular flexibility index (Phi) is 5.29. The predicted octanol–water partition coefficient (Wildman–Crippen LogP) is 3.27. The lowest BCUT2D eigenvalue weighted by Crippen LogP contribution is -2.34. The predicted molar refractivity (Wildman–Crippen MR) is 109 cm³/mol. The molecule has 7 nitrogen and oxygen atoms in total. The second-order valence-corrected chi connectivity index (χ2v) is 6.64. The molecule has 0 bridgehead atoms. The van der Waals surface area contributed by atoms with Crippen molar-refractivity contribution in [3.63, 3.8) is 0 Å². The number of ether oxygens (including phenoxy) is 2. The summed E-state index contributed by atoms with van der Waals surface area (Å²) in [6, 6.07) is 17.1. The van der Waals surface area contributed by atoms with Gasteiger partial charge in [0.15, 0.2) is 11.5 Å². The van der Waals surface area contributed by atoms with Gasteiger partial charge in [0.25, 0.3) is 5.56 Å². The van der Waals surface area contributed by atoms with Crippen LogP contribution in [0.5, 0.6) is 11.5 Å². The molecule has 1 aromatic heterocycles. The number of hydrogen-bond acceptors (Lipinski definition) is 5. The minimum absolute atomic E-state index is 0.316. The first-order valence-corrected chi connectivity index (χ1v) is 9.51. The Morgan fingerprint density at radius 1 is 1.07 bits per heavy atom. The van der Waals surface area contributed by atoms with Crippen LogP contribution < -0.4 is 20.3 Å². The highest BCUT2D eigenvalue weighted by atomic mass is 16.6. The van der Waals surface area contributed by atoms with Crippen molar-refractivity contribution in [2.24, 2.45) is 0 Å². The number of carbonyl (C=O) groups excluding carboxylic acids is 1. The minimum atomic E-state index is -0.737. The Morgan fingerprint density at radius 3 is 2.59 bits per heavy atom. The van der Waals surface area contributed by atoms with Crippen LogP contribution in [0.2, 0.25) is 0 Å². The second-order valence-electron chi connectivity index (χ2n) is 6.64. The van der Waals surface area contributed by atoms with Gasteiger partial charge in [0.2, 0.25) is 5.91 Å². The van der Waals surface area contributed by atoms with Gasteiger partial charge in [-0.25, -0.2) is 4.68 Å². The lowest BCUT2D eigenvalue weighted by molar-refractivity contribution is -0.119. The van der Waals surface area contributed by atoms with E-state index in [1.807, 2.05) is 37.3 Å². The molecule has 148 valence electrons. The third kappa shape index (κ3) is 3.99. The molecule has 0 saturated heterocycles. The van der Waals surface area contributed by atoms with Crippen molar-refractivity contribution in [3.05, 3.63) is 71.0 Å². The first-order valence-electron chi connectivity index (χ1n) is 9.51. The molecule has 2 aromatic carbocycles. The standard InChI is InChI=1S/C22H21N3O4/c1-2-18(22(27)23-16-8-10-19-20(14-16)29-13-12-28-19)25-21(26)11-9-17(24-25)15-6-4-3-5-7-15/h3-11,14,18H,2,12-13H2,1H3,(H,23,27). The van der Waals surface area contributed by atoms with E-state index in [0.717, 1.165) is 5.56 Å². The molecule has 3 aromatic rings. The zero-order chi connectivity index (χ0) is 20.2. The number of fused-ring (bicyclic) bond motifs is 1. The van der Waals surface area contributed by atoms with Crippen LogP contribution in [0.3, 0.4) is 0 Å². The summed E-state index contributed by atoms with van der Waals surface area (Å²) in [6.07, 6.45) is 0.418. The van der Waals surface area contributed by atoms with Gasteiger partial charge in [-0.1, -0.05) is 37.3 Å². The summed E-state index contributed by atoms with van der Waals surface area (Å²) in [6.45, 7) is 2.81. The summed E-state index contributed by atoms with van der Waals surface area (Å²) in [5, 5.41) is 7.30. The van der Waals surface area contributed by atoms with Crippen molar-refractivity contribution >= 4 is 11.6 Å². The van der Waals surface area contributed by atoms with E-state index < -0.39 is 6.04 Å². The van der Waals surface area contributed by atoms with E-state index in [1.54, 1.807) is 24.3 Å². The van der Waals surface area contributed by atoms with E-state index in [9.17, 15) is 9.59 Å². The average Bonchev–Trinajstić information content (AvgIpc) is 2.76. The molecule has 0 radical (unpaired) electrons. The van der Waals surface area contributed by atoms with E-state index in [0.29, 0.717) is 42.5 Å². The van der Waals surface area contributed by atoms with Gasteiger partial charge in [-0.05, 0) is 24.6 Å². The maximum atomic E-state index is 12.9. The Bertz CT molecular complexity index is 1080. The summed E-state index contributed by atoms with van der Waals surface area (Å²) in [5.41, 5.74) is 1.76. The molecule has 0 saturated carbocycles. The van der Waals surface area contributed by atoms with Crippen LogP contribution in [0, 0.1) is 0 Å². The topological polar surface area (TPSA) is 82.4 Å². The average molecular weight is 391 g/mol. The third-order valence-electron chi connectivity index (χ3n) is 4.69. The molecule has 0 spiro atoms. The highest BCUT2D eigenvalue weighted by Gasteiger charge is 2.22. The van der Waals surface area contributed by atoms with Crippen LogP contribution in [0.25, 0.3) is 11.3 Å². The van der Waals surface area contributed by atoms with E-state index >= 15 is 0 Å². The first-order chi connectivity index (χ1) is 14.2. The van der Waals surface area contributed by atoms with Crippen molar-refractivity contribution in [2.45, 2.75) is 19.4 Å². The molecule has 1 aliphatic rings. The highest BCUT2D eigenvalue weighted by Crippen LogP contribution is 2.32. The van der Waals surface area contributed by atoms with Gasteiger partial charge in [-0.15, -0.1) is 0 Å². The number of carbonyl (C=O) groups is 1. The molecule has 1 amide bonds. The number of aromatic nitrogens is 2. The van der Waals surface area contributed by atoms with Crippen LogP contribution in [0.1, 0.15) is 19.4 Å². The van der Waals surface area contributed by atoms with Gasteiger partial charge in [-0.2, -0.15) is 5.10 Å². The van der Waals surface area contributed by atoms with E-state index in [1.165, 1.54) is 10.7 Å². The van der Waals surface area contributed by atoms with Crippen LogP contribution in [0.15, 0.2) is 65.5 Å². The Hall–Kier alpha value is -3.61. The van der Waals surface area contributed by atoms with Gasteiger partial charge >= 0.3 is 0 Å². The minimum Gasteiger partial charge on any atom is -0.486 e. The van der Waals surface area contributed by atoms with Gasteiger partial charge in [-0.3, -0.25) is 9.59 Å². The fourth-order valence-corrected chi connectivity index (χ4v) is 3.23. The smallest absolute Gasteiger partial charge is 0.267 e. The van der Waals surface area contributed by atoms with Gasteiger partial charge in [0, 0.05) is 23.4 Å². The zero-order valence-corrected chi connectivity index (χ0v) is 16.0. The number of rotatable bonds is 5. The molecule has 7 heteroatoms. The molecule has 29 heavy (non-hydrogen) atoms. The summed E-state index contributed by atoms with van der Waals surface area (Å²) in [7, 11) is 0. The van der Waals surface area contributed by atoms with E-state index in [-0.39, 0.29) is 11.5 Å². The molecule has 1 N–H and O–H groups in total. The quantitative estimate of drug-likeness (QED) is 0.722. The fraction of sp³-hybridized carbons (Fsp3) is 0.227. The van der Waals surface area contributed by atoms with Crippen molar-refractivity contribution in [3.8, 4) is 22.8 Å². The Morgan fingerprint density at radius 2 is 1.83 bits per heavy atom. The summed E-state index contributed by atoms with van der Waals surface area (Å²) < 4.78 is 12.3. The number of nitrogens with zero attached hydrogens (tertiary/aromatic N) is 2. The Balaban J connectivity index is 1.60. The number of hydrogen-bond donors (Lipinski definition) is 1. The van der Waals surface area contributed by atoms with Crippen LogP contribution >= 0.6 is 0 Å². The second kappa shape index (κ2) is 8.18. The van der Waals surface area contributed by atoms with Crippen LogP contribution in [-0.2, 0) is 4.79 Å². The molecule has 1 aliphatic heterocycles. The lowest BCUT2D eigenvalue weighted by atomic mass is 10.1. The van der Waals surface area contributed by atoms with Crippen LogP contribution in [0.4, 0.5) is 5.69 Å². The number of benzene rings is 2. The van der Waals surface area contributed by atoms with E-state index in [4.69, 9.17) is 9.47 Å². The number of nitrogens with one attached hydrogen (secondary N) is 1. The molecular formula is C22H21N3O4. The molecular weight excluding hydrogens is 370 g/mol. The monoisotopic (exact) mass is 391 g/mol. The molecule has 1 unspecified atom stereocenters. The lowest BCUT2D eigenvalue weighted by Gasteiger charge is -2.20. The molecule has 2 heterocycles. The molecule has 0 fully saturated rings. The Labute approximate surface area is 167 Å². The van der Waals surface area contributed by atoms with Crippen molar-refractivity contribution in [2.75, 3.05) is 18.5 Å². The third-order valence-corrected chi connectivity index (χ3v) is 4.69. The fourth-order valence-electron chi connectivity index (χ4n) is 3.23. The van der Waals surface area contributed by atoms with Gasteiger partial charge in [0.05, 0.1) is 5.69 Å². The van der Waals surface area contributed by atoms with E-state index in [2.05, 4.69) is 10.4 Å². The first kappa shape index (κ1) is 18.7. The maximum absolute atomic E-state index is 12.9. The molecule has 4 rings (SSSR count). The van der Waals surface area contributed by atoms with Gasteiger partial charge < -0.3 is 14.8 Å². The maximum Gasteiger partial charge on any atom is 0.267 e. The SMILES string of the molecule is CCC(C(=O)Nc1ccc2c(c1)OCCO2)n1nc(-c2ccccc2)ccc1=O. The summed E-state index contributed by atoms with van der Waals surface area (Å²) >= 11 is 0. The largest absolute Gasteiger partial charge is 0.486 e. The van der Waals surface area contributed by atoms with Crippen LogP contribution in [-0.4, -0.2) is 28.9 Å². The number of amides is 1. The van der Waals surface area contributed by atoms with Crippen molar-refractivity contribution in [1.29, 1.82) is 0 Å².